The molecule has 0 unspecified atom stereocenters. The zero-order valence-electron chi connectivity index (χ0n) is 11.7. The van der Waals surface area contributed by atoms with E-state index in [0.29, 0.717) is 27.4 Å². The predicted octanol–water partition coefficient (Wildman–Crippen LogP) is 3.26. The molecule has 2 aromatic rings. The van der Waals surface area contributed by atoms with Gasteiger partial charge in [-0.25, -0.2) is 0 Å². The van der Waals surface area contributed by atoms with Gasteiger partial charge in [-0.15, -0.1) is 0 Å². The van der Waals surface area contributed by atoms with Crippen LogP contribution < -0.4 is 4.74 Å². The summed E-state index contributed by atoms with van der Waals surface area (Å²) in [6, 6.07) is 2.31. The first kappa shape index (κ1) is 15.6. The molecule has 2 N–H and O–H groups in total. The van der Waals surface area contributed by atoms with Gasteiger partial charge in [-0.1, -0.05) is 5.23 Å². The summed E-state index contributed by atoms with van der Waals surface area (Å²) in [7, 11) is 2.47. The van der Waals surface area contributed by atoms with Crippen molar-refractivity contribution in [3.8, 4) is 5.75 Å². The lowest BCUT2D eigenvalue weighted by molar-refractivity contribution is -0.332. The average Bonchev–Trinajstić information content (AvgIpc) is 2.72. The third kappa shape index (κ3) is 2.97. The number of aryl methyl sites for hydroxylation is 1. The second kappa shape index (κ2) is 5.55. The highest BCUT2D eigenvalue weighted by Crippen LogP contribution is 2.39. The third-order valence-electron chi connectivity index (χ3n) is 3.25. The molecular formula is C13H15F3N2O3. The maximum Gasteiger partial charge on any atom is 0.420 e. The van der Waals surface area contributed by atoms with Crippen LogP contribution in [0.4, 0.5) is 13.2 Å². The van der Waals surface area contributed by atoms with Gasteiger partial charge in [0.25, 0.3) is 0 Å². The Balaban J connectivity index is 2.62. The van der Waals surface area contributed by atoms with Crippen LogP contribution in [0.5, 0.6) is 5.75 Å². The lowest BCUT2D eigenvalue weighted by Gasteiger charge is -2.13. The van der Waals surface area contributed by atoms with Gasteiger partial charge in [-0.05, 0) is 24.6 Å². The Labute approximate surface area is 118 Å². The number of hydrogen-bond acceptors (Lipinski definition) is 4. The van der Waals surface area contributed by atoms with Crippen molar-refractivity contribution < 1.29 is 28.0 Å². The number of aromatic nitrogens is 1. The summed E-state index contributed by atoms with van der Waals surface area (Å²) in [6.07, 6.45) is -4.51. The quantitative estimate of drug-likeness (QED) is 0.851. The van der Waals surface area contributed by atoms with E-state index in [4.69, 9.17) is 4.74 Å². The minimum atomic E-state index is -4.51. The Morgan fingerprint density at radius 1 is 1.29 bits per heavy atom. The molecule has 0 saturated heterocycles. The predicted molar refractivity (Wildman–Crippen MR) is 68.9 cm³/mol. The van der Waals surface area contributed by atoms with Gasteiger partial charge in [0, 0.05) is 16.6 Å². The summed E-state index contributed by atoms with van der Waals surface area (Å²) in [5, 5.41) is 10.5. The Morgan fingerprint density at radius 3 is 2.48 bits per heavy atom. The Morgan fingerprint density at radius 2 is 1.95 bits per heavy atom. The van der Waals surface area contributed by atoms with Crippen LogP contribution in [0.2, 0.25) is 0 Å². The summed E-state index contributed by atoms with van der Waals surface area (Å²) >= 11 is 0. The van der Waals surface area contributed by atoms with E-state index >= 15 is 0 Å². The van der Waals surface area contributed by atoms with Gasteiger partial charge in [0.2, 0.25) is 0 Å². The molecular weight excluding hydrogens is 289 g/mol. The van der Waals surface area contributed by atoms with E-state index < -0.39 is 11.7 Å². The average molecular weight is 304 g/mol. The van der Waals surface area contributed by atoms with Crippen LogP contribution in [0.1, 0.15) is 16.8 Å². The highest BCUT2D eigenvalue weighted by Gasteiger charge is 2.35. The number of rotatable bonds is 4. The second-order valence-corrected chi connectivity index (χ2v) is 4.52. The number of alkyl halides is 3. The molecule has 5 nitrogen and oxygen atoms in total. The lowest BCUT2D eigenvalue weighted by Crippen LogP contribution is -2.17. The first-order valence-electron chi connectivity index (χ1n) is 6.04. The van der Waals surface area contributed by atoms with Crippen molar-refractivity contribution in [1.29, 1.82) is 0 Å². The van der Waals surface area contributed by atoms with E-state index in [1.54, 1.807) is 6.92 Å². The molecule has 0 radical (unpaired) electrons. The van der Waals surface area contributed by atoms with E-state index in [0.717, 1.165) is 6.07 Å². The van der Waals surface area contributed by atoms with Gasteiger partial charge in [-0.3, -0.25) is 10.0 Å². The molecule has 116 valence electrons. The second-order valence-electron chi connectivity index (χ2n) is 4.52. The van der Waals surface area contributed by atoms with E-state index in [-0.39, 0.29) is 12.3 Å². The van der Waals surface area contributed by atoms with Gasteiger partial charge in [-0.2, -0.15) is 13.2 Å². The molecule has 0 fully saturated rings. The lowest BCUT2D eigenvalue weighted by atomic mass is 10.1. The first-order valence-corrected chi connectivity index (χ1v) is 6.04. The molecule has 8 heteroatoms. The van der Waals surface area contributed by atoms with Crippen LogP contribution in [0, 0.1) is 6.92 Å². The van der Waals surface area contributed by atoms with Crippen molar-refractivity contribution in [2.45, 2.75) is 19.6 Å². The van der Waals surface area contributed by atoms with Crippen molar-refractivity contribution >= 4 is 10.9 Å². The fourth-order valence-corrected chi connectivity index (χ4v) is 2.21. The number of nitrogens with one attached hydrogen (secondary N) is 1. The molecule has 21 heavy (non-hydrogen) atoms. The zero-order valence-corrected chi connectivity index (χ0v) is 11.7. The van der Waals surface area contributed by atoms with Gasteiger partial charge in [0.1, 0.15) is 5.75 Å². The maximum absolute atomic E-state index is 13.0. The number of hydrogen-bond donors (Lipinski definition) is 2. The van der Waals surface area contributed by atoms with Gasteiger partial charge < -0.3 is 9.72 Å². The fourth-order valence-electron chi connectivity index (χ4n) is 2.21. The topological polar surface area (TPSA) is 57.7 Å². The minimum absolute atomic E-state index is 0.0108. The standard InChI is InChI=1S/C13H15F3N2O3/c1-7-9(6-18(19)21-3)8-4-12(20-2)10(13(14,15)16)5-11(8)17-7/h4-5,17,19H,6H2,1-3H3. The Hall–Kier alpha value is -1.77. The molecule has 0 amide bonds. The monoisotopic (exact) mass is 304 g/mol. The number of aromatic amines is 1. The molecule has 0 aliphatic heterocycles. The largest absolute Gasteiger partial charge is 0.496 e. The van der Waals surface area contributed by atoms with E-state index in [2.05, 4.69) is 9.82 Å². The number of fused-ring (bicyclic) bond motifs is 1. The van der Waals surface area contributed by atoms with Crippen molar-refractivity contribution in [3.63, 3.8) is 0 Å². The number of benzene rings is 1. The van der Waals surface area contributed by atoms with Crippen LogP contribution >= 0.6 is 0 Å². The summed E-state index contributed by atoms with van der Waals surface area (Å²) in [5.41, 5.74) is 0.738. The highest BCUT2D eigenvalue weighted by molar-refractivity contribution is 5.87. The Kier molecular flexibility index (Phi) is 4.13. The Bertz CT molecular complexity index is 652. The summed E-state index contributed by atoms with van der Waals surface area (Å²) in [5.74, 6) is -0.267. The number of methoxy groups -OCH3 is 1. The van der Waals surface area contributed by atoms with Crippen LogP contribution in [-0.2, 0) is 17.6 Å². The molecule has 0 aliphatic carbocycles. The normalized spacial score (nSPS) is 12.4. The number of nitrogens with zero attached hydrogens (tertiary/aromatic N) is 1. The number of H-pyrrole nitrogens is 1. The van der Waals surface area contributed by atoms with E-state index in [1.807, 2.05) is 0 Å². The summed E-state index contributed by atoms with van der Waals surface area (Å²) in [4.78, 5) is 7.50. The summed E-state index contributed by atoms with van der Waals surface area (Å²) in [6.45, 7) is 1.72. The van der Waals surface area contributed by atoms with E-state index in [9.17, 15) is 18.4 Å². The van der Waals surface area contributed by atoms with Crippen molar-refractivity contribution in [1.82, 2.24) is 10.2 Å². The van der Waals surface area contributed by atoms with Gasteiger partial charge in [0.05, 0.1) is 26.3 Å². The highest BCUT2D eigenvalue weighted by atomic mass is 19.4. The third-order valence-corrected chi connectivity index (χ3v) is 3.25. The van der Waals surface area contributed by atoms with Gasteiger partial charge in [0.15, 0.2) is 0 Å². The van der Waals surface area contributed by atoms with Crippen LogP contribution in [0.15, 0.2) is 12.1 Å². The molecule has 1 aromatic carbocycles. The molecule has 1 aromatic heterocycles. The molecule has 0 spiro atoms. The summed E-state index contributed by atoms with van der Waals surface area (Å²) < 4.78 is 43.8. The van der Waals surface area contributed by atoms with Crippen molar-refractivity contribution in [2.75, 3.05) is 14.2 Å². The molecule has 0 saturated carbocycles. The molecule has 2 rings (SSSR count). The van der Waals surface area contributed by atoms with Crippen molar-refractivity contribution in [3.05, 3.63) is 29.0 Å². The van der Waals surface area contributed by atoms with Gasteiger partial charge >= 0.3 is 6.18 Å². The minimum Gasteiger partial charge on any atom is -0.496 e. The number of ether oxygens (including phenoxy) is 1. The fraction of sp³-hybridized carbons (Fsp3) is 0.385. The zero-order chi connectivity index (χ0) is 15.8. The number of hydroxylamine groups is 2. The van der Waals surface area contributed by atoms with Crippen LogP contribution in [0.3, 0.4) is 0 Å². The molecule has 0 bridgehead atoms. The SMILES string of the molecule is COc1cc2c(CN(O)OC)c(C)[nH]c2cc1C(F)(F)F. The van der Waals surface area contributed by atoms with Crippen LogP contribution in [-0.4, -0.2) is 29.6 Å². The van der Waals surface area contributed by atoms with Crippen molar-refractivity contribution in [2.24, 2.45) is 0 Å². The first-order chi connectivity index (χ1) is 9.77. The molecule has 0 aliphatic rings. The van der Waals surface area contributed by atoms with Crippen LogP contribution in [0.25, 0.3) is 10.9 Å². The molecule has 1 heterocycles. The van der Waals surface area contributed by atoms with E-state index in [1.165, 1.54) is 20.3 Å². The maximum atomic E-state index is 13.0. The molecule has 0 atom stereocenters. The number of halogens is 3. The smallest absolute Gasteiger partial charge is 0.420 e.